The summed E-state index contributed by atoms with van der Waals surface area (Å²) in [5.74, 6) is 0.224. The van der Waals surface area contributed by atoms with E-state index in [1.54, 1.807) is 12.1 Å². The molecule has 0 aliphatic rings. The first-order valence-corrected chi connectivity index (χ1v) is 10.4. The fourth-order valence-corrected chi connectivity index (χ4v) is 3.90. The van der Waals surface area contributed by atoms with Crippen LogP contribution < -0.4 is 5.43 Å². The molecule has 5 rings (SSSR count). The third-order valence-corrected chi connectivity index (χ3v) is 5.36. The second-order valence-corrected chi connectivity index (χ2v) is 7.62. The van der Waals surface area contributed by atoms with E-state index in [0.29, 0.717) is 16.4 Å². The summed E-state index contributed by atoms with van der Waals surface area (Å²) in [6, 6.07) is 22.6. The number of hydrogen-bond donors (Lipinski definition) is 2. The van der Waals surface area contributed by atoms with E-state index >= 15 is 0 Å². The second-order valence-electron chi connectivity index (χ2n) is 6.62. The summed E-state index contributed by atoms with van der Waals surface area (Å²) in [5.41, 5.74) is 5.74. The number of furan rings is 1. The first-order valence-electron chi connectivity index (χ1n) is 9.54. The summed E-state index contributed by atoms with van der Waals surface area (Å²) in [6.45, 7) is 0. The van der Waals surface area contributed by atoms with Gasteiger partial charge in [-0.1, -0.05) is 24.3 Å². The van der Waals surface area contributed by atoms with Crippen LogP contribution in [0, 0.1) is 0 Å². The summed E-state index contributed by atoms with van der Waals surface area (Å²) in [4.78, 5) is 20.4. The van der Waals surface area contributed by atoms with Crippen LogP contribution in [-0.4, -0.2) is 26.7 Å². The number of nitrogens with one attached hydrogen (secondary N) is 2. The van der Waals surface area contributed by atoms with Gasteiger partial charge in [0, 0.05) is 12.4 Å². The zero-order valence-corrected chi connectivity index (χ0v) is 17.0. The van der Waals surface area contributed by atoms with Crippen LogP contribution in [0.25, 0.3) is 16.7 Å². The molecular formula is C23H17N5O2S. The van der Waals surface area contributed by atoms with Crippen molar-refractivity contribution < 1.29 is 9.21 Å². The third-order valence-electron chi connectivity index (χ3n) is 4.56. The first kappa shape index (κ1) is 19.0. The molecule has 0 aliphatic carbocycles. The van der Waals surface area contributed by atoms with E-state index in [4.69, 9.17) is 4.42 Å². The predicted molar refractivity (Wildman–Crippen MR) is 120 cm³/mol. The van der Waals surface area contributed by atoms with Crippen LogP contribution in [0.3, 0.4) is 0 Å². The van der Waals surface area contributed by atoms with E-state index in [9.17, 15) is 4.79 Å². The average Bonchev–Trinajstić information content (AvgIpc) is 3.55. The Morgan fingerprint density at radius 3 is 2.71 bits per heavy atom. The Labute approximate surface area is 181 Å². The number of aromatic amines is 1. The molecule has 2 N–H and O–H groups in total. The number of aromatic nitrogens is 3. The minimum Gasteiger partial charge on any atom is -0.448 e. The molecule has 7 nitrogen and oxygen atoms in total. The van der Waals surface area contributed by atoms with Gasteiger partial charge in [-0.15, -0.1) is 0 Å². The number of hydrogen-bond acceptors (Lipinski definition) is 5. The molecule has 31 heavy (non-hydrogen) atoms. The monoisotopic (exact) mass is 427 g/mol. The summed E-state index contributed by atoms with van der Waals surface area (Å²) >= 11 is 1.39. The van der Waals surface area contributed by atoms with Gasteiger partial charge in [-0.25, -0.2) is 10.4 Å². The van der Waals surface area contributed by atoms with Crippen molar-refractivity contribution in [1.29, 1.82) is 0 Å². The Morgan fingerprint density at radius 1 is 1.03 bits per heavy atom. The maximum atomic E-state index is 12.6. The lowest BCUT2D eigenvalue weighted by Gasteiger charge is -2.08. The Kier molecular flexibility index (Phi) is 5.12. The van der Waals surface area contributed by atoms with E-state index in [2.05, 4.69) is 20.5 Å². The standard InChI is InChI=1S/C23H17N5O2S/c29-22(17-7-1-4-10-20(17)28-13-5-6-14-28)27-24-15-16-11-12-21(30-16)31-23-25-18-8-2-3-9-19(18)26-23/h1-15H,(H,25,26)(H,27,29)/b24-15-. The fraction of sp³-hybridized carbons (Fsp3) is 0. The molecule has 5 aromatic rings. The highest BCUT2D eigenvalue weighted by Crippen LogP contribution is 2.28. The van der Waals surface area contributed by atoms with Gasteiger partial charge >= 0.3 is 0 Å². The largest absolute Gasteiger partial charge is 0.448 e. The molecule has 0 fully saturated rings. The van der Waals surface area contributed by atoms with E-state index in [0.717, 1.165) is 21.9 Å². The summed E-state index contributed by atoms with van der Waals surface area (Å²) < 4.78 is 7.63. The molecule has 8 heteroatoms. The summed E-state index contributed by atoms with van der Waals surface area (Å²) in [6.07, 6.45) is 5.25. The Morgan fingerprint density at radius 2 is 1.84 bits per heavy atom. The molecule has 3 aromatic heterocycles. The number of amides is 1. The van der Waals surface area contributed by atoms with Gasteiger partial charge in [0.2, 0.25) is 0 Å². The van der Waals surface area contributed by atoms with Gasteiger partial charge in [-0.05, 0) is 60.3 Å². The number of para-hydroxylation sites is 3. The molecule has 0 bridgehead atoms. The number of carbonyl (C=O) groups excluding carboxylic acids is 1. The zero-order valence-electron chi connectivity index (χ0n) is 16.2. The molecule has 0 saturated heterocycles. The highest BCUT2D eigenvalue weighted by atomic mass is 32.2. The van der Waals surface area contributed by atoms with Crippen LogP contribution in [0.4, 0.5) is 0 Å². The highest BCUT2D eigenvalue weighted by Gasteiger charge is 2.11. The molecule has 0 saturated carbocycles. The maximum absolute atomic E-state index is 12.6. The van der Waals surface area contributed by atoms with Crippen molar-refractivity contribution in [2.45, 2.75) is 10.2 Å². The smallest absolute Gasteiger partial charge is 0.273 e. The van der Waals surface area contributed by atoms with Crippen LogP contribution in [0.2, 0.25) is 0 Å². The molecule has 0 atom stereocenters. The van der Waals surface area contributed by atoms with Crippen molar-refractivity contribution in [2.24, 2.45) is 5.10 Å². The number of fused-ring (bicyclic) bond motifs is 1. The molecule has 0 unspecified atom stereocenters. The van der Waals surface area contributed by atoms with E-state index < -0.39 is 0 Å². The van der Waals surface area contributed by atoms with Crippen LogP contribution >= 0.6 is 11.8 Å². The number of carbonyl (C=O) groups is 1. The number of nitrogens with zero attached hydrogens (tertiary/aromatic N) is 3. The van der Waals surface area contributed by atoms with Gasteiger partial charge in [0.25, 0.3) is 5.91 Å². The lowest BCUT2D eigenvalue weighted by molar-refractivity contribution is 0.0955. The van der Waals surface area contributed by atoms with Gasteiger partial charge in [0.05, 0.1) is 28.5 Å². The van der Waals surface area contributed by atoms with E-state index in [1.807, 2.05) is 77.6 Å². The van der Waals surface area contributed by atoms with Crippen molar-refractivity contribution >= 4 is 34.9 Å². The van der Waals surface area contributed by atoms with Gasteiger partial charge in [0.15, 0.2) is 10.2 Å². The molecule has 2 aromatic carbocycles. The average molecular weight is 427 g/mol. The van der Waals surface area contributed by atoms with Crippen molar-refractivity contribution in [3.8, 4) is 5.69 Å². The maximum Gasteiger partial charge on any atom is 0.273 e. The molecule has 3 heterocycles. The van der Waals surface area contributed by atoms with Gasteiger partial charge in [-0.2, -0.15) is 5.10 Å². The van der Waals surface area contributed by atoms with Crippen molar-refractivity contribution in [1.82, 2.24) is 20.0 Å². The fourth-order valence-electron chi connectivity index (χ4n) is 3.13. The Balaban J connectivity index is 1.25. The highest BCUT2D eigenvalue weighted by molar-refractivity contribution is 7.99. The number of imidazole rings is 1. The molecular weight excluding hydrogens is 410 g/mol. The normalized spacial score (nSPS) is 11.4. The van der Waals surface area contributed by atoms with Crippen molar-refractivity contribution in [3.05, 3.63) is 96.5 Å². The number of rotatable bonds is 6. The van der Waals surface area contributed by atoms with Crippen molar-refractivity contribution in [2.75, 3.05) is 0 Å². The van der Waals surface area contributed by atoms with Crippen molar-refractivity contribution in [3.63, 3.8) is 0 Å². The lowest BCUT2D eigenvalue weighted by Crippen LogP contribution is -2.19. The van der Waals surface area contributed by atoms with Gasteiger partial charge < -0.3 is 14.0 Å². The minimum atomic E-state index is -0.302. The van der Waals surface area contributed by atoms with Gasteiger partial charge in [-0.3, -0.25) is 4.79 Å². The lowest BCUT2D eigenvalue weighted by atomic mass is 10.1. The van der Waals surface area contributed by atoms with E-state index in [1.165, 1.54) is 18.0 Å². The predicted octanol–water partition coefficient (Wildman–Crippen LogP) is 4.86. The number of benzene rings is 2. The minimum absolute atomic E-state index is 0.302. The SMILES string of the molecule is O=C(N/N=C\c1ccc(Sc2nc3ccccc3[nH]2)o1)c1ccccc1-n1cccc1. The topological polar surface area (TPSA) is 88.2 Å². The number of H-pyrrole nitrogens is 1. The zero-order chi connectivity index (χ0) is 21.0. The molecule has 0 spiro atoms. The summed E-state index contributed by atoms with van der Waals surface area (Å²) in [7, 11) is 0. The number of hydrazone groups is 1. The molecule has 152 valence electrons. The quantitative estimate of drug-likeness (QED) is 0.299. The summed E-state index contributed by atoms with van der Waals surface area (Å²) in [5, 5.41) is 5.45. The first-order chi connectivity index (χ1) is 15.3. The van der Waals surface area contributed by atoms with E-state index in [-0.39, 0.29) is 5.91 Å². The second kappa shape index (κ2) is 8.37. The molecule has 0 radical (unpaired) electrons. The Bertz CT molecular complexity index is 1330. The third kappa shape index (κ3) is 4.15. The van der Waals surface area contributed by atoms with Crippen LogP contribution in [0.5, 0.6) is 0 Å². The molecule has 0 aliphatic heterocycles. The Hall–Kier alpha value is -4.04. The molecule has 1 amide bonds. The van der Waals surface area contributed by atoms with Crippen LogP contribution in [-0.2, 0) is 0 Å². The van der Waals surface area contributed by atoms with Gasteiger partial charge in [0.1, 0.15) is 5.76 Å². The van der Waals surface area contributed by atoms with Crippen LogP contribution in [0.1, 0.15) is 16.1 Å². The van der Waals surface area contributed by atoms with Crippen LogP contribution in [0.15, 0.2) is 105 Å².